The third-order valence-electron chi connectivity index (χ3n) is 0.859. The fraction of sp³-hybridized carbons (Fsp3) is 0.800. The van der Waals surface area contributed by atoms with Crippen LogP contribution in [0.1, 0.15) is 6.42 Å². The van der Waals surface area contributed by atoms with Gasteiger partial charge in [-0.1, -0.05) is 0 Å². The summed E-state index contributed by atoms with van der Waals surface area (Å²) in [6.45, 7) is 0. The van der Waals surface area contributed by atoms with E-state index in [4.69, 9.17) is 0 Å². The zero-order valence-electron chi connectivity index (χ0n) is 6.42. The van der Waals surface area contributed by atoms with Gasteiger partial charge in [-0.05, 0) is 0 Å². The first-order valence-corrected chi connectivity index (χ1v) is 2.46. The topological polar surface area (TPSA) is 58.6 Å². The molecule has 0 fully saturated rings. The Morgan fingerprint density at radius 3 is 2.00 bits per heavy atom. The molecule has 0 rings (SSSR count). The van der Waals surface area contributed by atoms with Gasteiger partial charge in [-0.25, -0.2) is 0 Å². The molecule has 0 atom stereocenters. The summed E-state index contributed by atoms with van der Waals surface area (Å²) in [5.41, 5.74) is 0. The minimum absolute atomic E-state index is 0. The summed E-state index contributed by atoms with van der Waals surface area (Å²) in [7, 11) is 2.74. The van der Waals surface area contributed by atoms with Gasteiger partial charge in [-0.2, -0.15) is 0 Å². The molecule has 0 radical (unpaired) electrons. The molecule has 5 heteroatoms. The Labute approximate surface area is 119 Å². The average molecular weight is 266 g/mol. The maximum atomic E-state index is 9.86. The standard InChI is InChI=1S/C5H10O4.Cs/c1-8-5(9-2)3-4(6)7;/h5H,3H2,1-2H3,(H,6,7);/q;+1/p-1. The van der Waals surface area contributed by atoms with Crippen LogP contribution in [0, 0.1) is 0 Å². The first-order valence-electron chi connectivity index (χ1n) is 2.46. The van der Waals surface area contributed by atoms with Crippen molar-refractivity contribution in [3.63, 3.8) is 0 Å². The summed E-state index contributed by atoms with van der Waals surface area (Å²) >= 11 is 0. The molecule has 54 valence electrons. The summed E-state index contributed by atoms with van der Waals surface area (Å²) in [4.78, 5) is 9.86. The molecular formula is C5H9CsO4. The second kappa shape index (κ2) is 8.54. The number of aliphatic carboxylic acids is 1. The summed E-state index contributed by atoms with van der Waals surface area (Å²) in [6, 6.07) is 0. The van der Waals surface area contributed by atoms with Crippen molar-refractivity contribution in [2.24, 2.45) is 0 Å². The molecule has 0 unspecified atom stereocenters. The third kappa shape index (κ3) is 7.55. The van der Waals surface area contributed by atoms with Crippen molar-refractivity contribution < 1.29 is 88.3 Å². The maximum Gasteiger partial charge on any atom is 1.00 e. The number of carbonyl (C=O) groups excluding carboxylic acids is 1. The van der Waals surface area contributed by atoms with Gasteiger partial charge < -0.3 is 19.4 Å². The van der Waals surface area contributed by atoms with Gasteiger partial charge in [-0.15, -0.1) is 0 Å². The van der Waals surface area contributed by atoms with Crippen molar-refractivity contribution in [3.8, 4) is 0 Å². The molecule has 0 aromatic carbocycles. The van der Waals surface area contributed by atoms with Crippen LogP contribution in [0.25, 0.3) is 0 Å². The fourth-order valence-electron chi connectivity index (χ4n) is 0.399. The largest absolute Gasteiger partial charge is 1.00 e. The summed E-state index contributed by atoms with van der Waals surface area (Å²) in [6.07, 6.45) is -0.914. The van der Waals surface area contributed by atoms with E-state index in [0.717, 1.165) is 0 Å². The van der Waals surface area contributed by atoms with Crippen LogP contribution >= 0.6 is 0 Å². The van der Waals surface area contributed by atoms with Crippen LogP contribution in [0.4, 0.5) is 0 Å². The molecule has 0 heterocycles. The Morgan fingerprint density at radius 2 is 1.90 bits per heavy atom. The van der Waals surface area contributed by atoms with Crippen LogP contribution in [0.15, 0.2) is 0 Å². The van der Waals surface area contributed by atoms with Gasteiger partial charge in [0.2, 0.25) is 0 Å². The molecule has 0 saturated heterocycles. The van der Waals surface area contributed by atoms with Crippen LogP contribution in [0.5, 0.6) is 0 Å². The number of carboxylic acids is 1. The maximum absolute atomic E-state index is 9.86. The van der Waals surface area contributed by atoms with E-state index in [1.54, 1.807) is 0 Å². The van der Waals surface area contributed by atoms with Gasteiger partial charge in [0, 0.05) is 26.6 Å². The second-order valence-corrected chi connectivity index (χ2v) is 1.48. The van der Waals surface area contributed by atoms with Crippen LogP contribution in [0.3, 0.4) is 0 Å². The van der Waals surface area contributed by atoms with E-state index in [2.05, 4.69) is 9.47 Å². The molecule has 0 spiro atoms. The van der Waals surface area contributed by atoms with Gasteiger partial charge >= 0.3 is 68.9 Å². The summed E-state index contributed by atoms with van der Waals surface area (Å²) in [5, 5.41) is 9.86. The van der Waals surface area contributed by atoms with Gasteiger partial charge in [-0.3, -0.25) is 0 Å². The molecule has 0 aliphatic carbocycles. The number of carboxylic acid groups (broad SMARTS) is 1. The Balaban J connectivity index is 0. The average Bonchev–Trinajstić information content (AvgIpc) is 1.82. The molecule has 0 amide bonds. The van der Waals surface area contributed by atoms with E-state index in [1.165, 1.54) is 14.2 Å². The molecule has 0 aromatic rings. The van der Waals surface area contributed by atoms with Gasteiger partial charge in [0.15, 0.2) is 6.29 Å². The van der Waals surface area contributed by atoms with E-state index in [9.17, 15) is 9.90 Å². The Kier molecular flexibility index (Phi) is 11.9. The number of rotatable bonds is 4. The molecule has 0 N–H and O–H groups in total. The monoisotopic (exact) mass is 266 g/mol. The first kappa shape index (κ1) is 14.0. The van der Waals surface area contributed by atoms with Crippen molar-refractivity contribution in [2.45, 2.75) is 12.7 Å². The first-order chi connectivity index (χ1) is 4.20. The van der Waals surface area contributed by atoms with Gasteiger partial charge in [0.25, 0.3) is 0 Å². The van der Waals surface area contributed by atoms with Crippen molar-refractivity contribution in [3.05, 3.63) is 0 Å². The normalized spacial score (nSPS) is 9.10. The molecule has 0 saturated carbocycles. The predicted molar refractivity (Wildman–Crippen MR) is 27.4 cm³/mol. The number of methoxy groups -OCH3 is 2. The fourth-order valence-corrected chi connectivity index (χ4v) is 0.399. The SMILES string of the molecule is COC(CC(=O)[O-])OC.[Cs+]. The van der Waals surface area contributed by atoms with Crippen LogP contribution in [-0.2, 0) is 14.3 Å². The van der Waals surface area contributed by atoms with E-state index in [0.29, 0.717) is 0 Å². The van der Waals surface area contributed by atoms with Crippen LogP contribution in [0.2, 0.25) is 0 Å². The number of hydrogen-bond acceptors (Lipinski definition) is 4. The molecule has 0 aliphatic heterocycles. The zero-order valence-corrected chi connectivity index (χ0v) is 12.7. The molecule has 0 aromatic heterocycles. The van der Waals surface area contributed by atoms with Crippen molar-refractivity contribution in [1.82, 2.24) is 0 Å². The Hall–Kier alpha value is 1.44. The van der Waals surface area contributed by atoms with E-state index >= 15 is 0 Å². The van der Waals surface area contributed by atoms with Crippen molar-refractivity contribution in [2.75, 3.05) is 14.2 Å². The van der Waals surface area contributed by atoms with E-state index in [-0.39, 0.29) is 75.3 Å². The molecule has 0 aliphatic rings. The smallest absolute Gasteiger partial charge is 0.550 e. The quantitative estimate of drug-likeness (QED) is 0.484. The third-order valence-corrected chi connectivity index (χ3v) is 0.859. The predicted octanol–water partition coefficient (Wildman–Crippen LogP) is -4.25. The Morgan fingerprint density at radius 1 is 1.50 bits per heavy atom. The van der Waals surface area contributed by atoms with E-state index in [1.807, 2.05) is 0 Å². The minimum atomic E-state index is -1.18. The summed E-state index contributed by atoms with van der Waals surface area (Å²) < 4.78 is 9.13. The van der Waals surface area contributed by atoms with Gasteiger partial charge in [0.1, 0.15) is 0 Å². The van der Waals surface area contributed by atoms with Crippen molar-refractivity contribution >= 4 is 5.97 Å². The Bertz CT molecular complexity index is 91.6. The second-order valence-electron chi connectivity index (χ2n) is 1.48. The summed E-state index contributed by atoms with van der Waals surface area (Å²) in [5.74, 6) is -1.18. The molecule has 4 nitrogen and oxygen atoms in total. The van der Waals surface area contributed by atoms with Crippen LogP contribution in [-0.4, -0.2) is 26.5 Å². The van der Waals surface area contributed by atoms with Crippen LogP contribution < -0.4 is 74.0 Å². The van der Waals surface area contributed by atoms with E-state index < -0.39 is 12.3 Å². The molecular weight excluding hydrogens is 257 g/mol. The minimum Gasteiger partial charge on any atom is -0.550 e. The molecule has 10 heavy (non-hydrogen) atoms. The number of ether oxygens (including phenoxy) is 2. The van der Waals surface area contributed by atoms with Gasteiger partial charge in [0.05, 0.1) is 0 Å². The molecule has 0 bridgehead atoms. The number of hydrogen-bond donors (Lipinski definition) is 0. The zero-order chi connectivity index (χ0) is 7.28. The van der Waals surface area contributed by atoms with Crippen molar-refractivity contribution in [1.29, 1.82) is 0 Å². The number of carbonyl (C=O) groups is 1.